The lowest BCUT2D eigenvalue weighted by Crippen LogP contribution is -2.28. The number of benzene rings is 5. The number of fused-ring (bicyclic) bond motifs is 7. The van der Waals surface area contributed by atoms with Gasteiger partial charge in [0.15, 0.2) is 0 Å². The molecule has 0 amide bonds. The zero-order chi connectivity index (χ0) is 22.0. The lowest BCUT2D eigenvalue weighted by atomic mass is 9.67. The minimum Gasteiger partial charge on any atom is -0.455 e. The third kappa shape index (κ3) is 2.37. The molecule has 0 unspecified atom stereocenters. The lowest BCUT2D eigenvalue weighted by Gasteiger charge is -2.34. The molecule has 0 spiro atoms. The Kier molecular flexibility index (Phi) is 3.75. The fourth-order valence-electron chi connectivity index (χ4n) is 5.87. The van der Waals surface area contributed by atoms with Crippen LogP contribution in [0.1, 0.15) is 27.8 Å². The Bertz CT molecular complexity index is 1620. The Labute approximate surface area is 192 Å². The maximum absolute atomic E-state index is 6.55. The summed E-state index contributed by atoms with van der Waals surface area (Å²) in [5.41, 5.74) is 10.4. The Morgan fingerprint density at radius 3 is 1.97 bits per heavy atom. The number of aryl methyl sites for hydroxylation is 1. The summed E-state index contributed by atoms with van der Waals surface area (Å²) in [4.78, 5) is 0. The number of hydrogen-bond donors (Lipinski definition) is 0. The molecule has 1 heteroatoms. The van der Waals surface area contributed by atoms with Gasteiger partial charge in [-0.3, -0.25) is 0 Å². The average molecular weight is 423 g/mol. The predicted molar refractivity (Wildman–Crippen MR) is 136 cm³/mol. The first-order valence-corrected chi connectivity index (χ1v) is 11.5. The van der Waals surface area contributed by atoms with Gasteiger partial charge < -0.3 is 4.42 Å². The zero-order valence-electron chi connectivity index (χ0n) is 18.4. The van der Waals surface area contributed by atoms with Crippen molar-refractivity contribution >= 4 is 21.9 Å². The second-order valence-electron chi connectivity index (χ2n) is 8.99. The highest BCUT2D eigenvalue weighted by atomic mass is 16.3. The Hall–Kier alpha value is -4.10. The van der Waals surface area contributed by atoms with Crippen LogP contribution in [0.2, 0.25) is 0 Å². The number of para-hydroxylation sites is 1. The lowest BCUT2D eigenvalue weighted by molar-refractivity contribution is 0.669. The van der Waals surface area contributed by atoms with E-state index in [4.69, 9.17) is 4.42 Å². The van der Waals surface area contributed by atoms with Gasteiger partial charge >= 0.3 is 0 Å². The summed E-state index contributed by atoms with van der Waals surface area (Å²) in [6, 6.07) is 41.6. The fourth-order valence-corrected chi connectivity index (χ4v) is 5.87. The van der Waals surface area contributed by atoms with E-state index in [1.165, 1.54) is 49.7 Å². The first-order valence-electron chi connectivity index (χ1n) is 11.5. The van der Waals surface area contributed by atoms with Crippen molar-refractivity contribution < 1.29 is 4.42 Å². The predicted octanol–water partition coefficient (Wildman–Crippen LogP) is 8.26. The van der Waals surface area contributed by atoms with Gasteiger partial charge in [-0.05, 0) is 40.8 Å². The van der Waals surface area contributed by atoms with Crippen LogP contribution in [0.5, 0.6) is 0 Å². The van der Waals surface area contributed by atoms with Crippen molar-refractivity contribution in [2.75, 3.05) is 0 Å². The molecular formula is C32H22O. The topological polar surface area (TPSA) is 13.1 Å². The van der Waals surface area contributed by atoms with E-state index in [0.717, 1.165) is 11.2 Å². The van der Waals surface area contributed by atoms with E-state index in [2.05, 4.69) is 116 Å². The van der Waals surface area contributed by atoms with Crippen LogP contribution in [-0.4, -0.2) is 0 Å². The summed E-state index contributed by atoms with van der Waals surface area (Å²) in [7, 11) is 0. The van der Waals surface area contributed by atoms with Crippen LogP contribution in [0, 0.1) is 6.92 Å². The second kappa shape index (κ2) is 6.70. The van der Waals surface area contributed by atoms with Gasteiger partial charge in [0.05, 0.1) is 5.41 Å². The van der Waals surface area contributed by atoms with Crippen LogP contribution in [0.15, 0.2) is 120 Å². The van der Waals surface area contributed by atoms with Gasteiger partial charge in [0.25, 0.3) is 0 Å². The Morgan fingerprint density at radius 2 is 1.24 bits per heavy atom. The molecule has 7 rings (SSSR count). The summed E-state index contributed by atoms with van der Waals surface area (Å²) in [6.07, 6.45) is 0. The highest BCUT2D eigenvalue weighted by Crippen LogP contribution is 2.58. The van der Waals surface area contributed by atoms with Crippen molar-refractivity contribution in [2.45, 2.75) is 12.3 Å². The maximum Gasteiger partial charge on any atom is 0.143 e. The van der Waals surface area contributed by atoms with Crippen LogP contribution in [-0.2, 0) is 5.41 Å². The molecule has 0 saturated heterocycles. The normalized spacial score (nSPS) is 13.8. The van der Waals surface area contributed by atoms with Gasteiger partial charge in [0, 0.05) is 16.3 Å². The standard InChI is InChI=1S/C32H22O/c1-21-16-17-26-28(20-21)32(22-10-4-2-5-11-22,23-12-6-3-7-13-23)27-19-18-25-24-14-8-9-15-29(24)33-31(25)30(26)27/h2-20H,1H3. The van der Waals surface area contributed by atoms with Crippen LogP contribution in [0.4, 0.5) is 0 Å². The van der Waals surface area contributed by atoms with Crippen molar-refractivity contribution in [3.63, 3.8) is 0 Å². The minimum absolute atomic E-state index is 0.396. The van der Waals surface area contributed by atoms with Gasteiger partial charge in [-0.1, -0.05) is 115 Å². The molecule has 0 fully saturated rings. The largest absolute Gasteiger partial charge is 0.455 e. The van der Waals surface area contributed by atoms with Gasteiger partial charge in [0.2, 0.25) is 0 Å². The van der Waals surface area contributed by atoms with Crippen LogP contribution >= 0.6 is 0 Å². The molecule has 0 radical (unpaired) electrons. The third-order valence-electron chi connectivity index (χ3n) is 7.21. The molecule has 1 aliphatic carbocycles. The molecule has 1 aliphatic rings. The molecule has 5 aromatic carbocycles. The third-order valence-corrected chi connectivity index (χ3v) is 7.21. The van der Waals surface area contributed by atoms with Crippen molar-refractivity contribution in [3.8, 4) is 11.1 Å². The molecule has 33 heavy (non-hydrogen) atoms. The first kappa shape index (κ1) is 18.5. The van der Waals surface area contributed by atoms with E-state index in [1.54, 1.807) is 0 Å². The van der Waals surface area contributed by atoms with E-state index in [1.807, 2.05) is 6.07 Å². The molecule has 1 nitrogen and oxygen atoms in total. The SMILES string of the molecule is Cc1ccc2c(c1)C(c1ccccc1)(c1ccccc1)c1ccc3c(oc4ccccc43)c1-2. The summed E-state index contributed by atoms with van der Waals surface area (Å²) in [6.45, 7) is 2.18. The smallest absolute Gasteiger partial charge is 0.143 e. The van der Waals surface area contributed by atoms with E-state index in [9.17, 15) is 0 Å². The average Bonchev–Trinajstić information content (AvgIpc) is 3.38. The van der Waals surface area contributed by atoms with E-state index in [-0.39, 0.29) is 0 Å². The molecule has 0 saturated carbocycles. The molecule has 0 atom stereocenters. The fraction of sp³-hybridized carbons (Fsp3) is 0.0625. The monoisotopic (exact) mass is 422 g/mol. The van der Waals surface area contributed by atoms with E-state index >= 15 is 0 Å². The van der Waals surface area contributed by atoms with E-state index < -0.39 is 5.41 Å². The number of rotatable bonds is 2. The van der Waals surface area contributed by atoms with Crippen LogP contribution in [0.3, 0.4) is 0 Å². The van der Waals surface area contributed by atoms with Gasteiger partial charge in [-0.25, -0.2) is 0 Å². The van der Waals surface area contributed by atoms with Crippen LogP contribution in [0.25, 0.3) is 33.1 Å². The quantitative estimate of drug-likeness (QED) is 0.273. The Balaban J connectivity index is 1.72. The molecule has 6 aromatic rings. The molecular weight excluding hydrogens is 400 g/mol. The van der Waals surface area contributed by atoms with Gasteiger partial charge in [-0.2, -0.15) is 0 Å². The number of hydrogen-bond acceptors (Lipinski definition) is 1. The summed E-state index contributed by atoms with van der Waals surface area (Å²) >= 11 is 0. The summed E-state index contributed by atoms with van der Waals surface area (Å²) < 4.78 is 6.55. The van der Waals surface area contributed by atoms with Crippen molar-refractivity contribution in [3.05, 3.63) is 143 Å². The minimum atomic E-state index is -0.396. The zero-order valence-corrected chi connectivity index (χ0v) is 18.4. The van der Waals surface area contributed by atoms with Crippen molar-refractivity contribution in [1.29, 1.82) is 0 Å². The Morgan fingerprint density at radius 1 is 0.576 bits per heavy atom. The van der Waals surface area contributed by atoms with Crippen LogP contribution < -0.4 is 0 Å². The highest BCUT2D eigenvalue weighted by molar-refractivity contribution is 6.12. The second-order valence-corrected chi connectivity index (χ2v) is 8.99. The molecule has 0 aliphatic heterocycles. The summed E-state index contributed by atoms with van der Waals surface area (Å²) in [5, 5.41) is 2.34. The van der Waals surface area contributed by atoms with Crippen molar-refractivity contribution in [1.82, 2.24) is 0 Å². The maximum atomic E-state index is 6.55. The molecule has 156 valence electrons. The van der Waals surface area contributed by atoms with Gasteiger partial charge in [-0.15, -0.1) is 0 Å². The van der Waals surface area contributed by atoms with E-state index in [0.29, 0.717) is 0 Å². The molecule has 0 bridgehead atoms. The summed E-state index contributed by atoms with van der Waals surface area (Å²) in [5.74, 6) is 0. The number of furan rings is 1. The molecule has 1 heterocycles. The van der Waals surface area contributed by atoms with Gasteiger partial charge in [0.1, 0.15) is 11.2 Å². The molecule has 0 N–H and O–H groups in total. The highest BCUT2D eigenvalue weighted by Gasteiger charge is 2.47. The first-order chi connectivity index (χ1) is 16.3. The van der Waals surface area contributed by atoms with Crippen molar-refractivity contribution in [2.24, 2.45) is 0 Å². The molecule has 1 aromatic heterocycles.